The summed E-state index contributed by atoms with van der Waals surface area (Å²) >= 11 is 0. The number of hydrogen-bond donors (Lipinski definition) is 0. The molecule has 1 fully saturated rings. The molecule has 20 heavy (non-hydrogen) atoms. The highest BCUT2D eigenvalue weighted by Crippen LogP contribution is 2.33. The number of pyridine rings is 1. The van der Waals surface area contributed by atoms with Crippen LogP contribution >= 0.6 is 0 Å². The van der Waals surface area contributed by atoms with Crippen molar-refractivity contribution in [3.63, 3.8) is 0 Å². The van der Waals surface area contributed by atoms with Crippen LogP contribution in [0.3, 0.4) is 0 Å². The van der Waals surface area contributed by atoms with Gasteiger partial charge in [0.2, 0.25) is 5.95 Å². The van der Waals surface area contributed by atoms with Crippen LogP contribution in [0.5, 0.6) is 0 Å². The minimum absolute atomic E-state index is 0.199. The molecule has 1 aliphatic rings. The van der Waals surface area contributed by atoms with E-state index in [1.165, 1.54) is 0 Å². The number of rotatable bonds is 2. The van der Waals surface area contributed by atoms with E-state index in [1.54, 1.807) is 6.07 Å². The molecule has 2 aromatic rings. The number of anilines is 1. The standard InChI is InChI=1S/C15H15N5/c1-11-9-12(10-16)19-15(18-11)20-8-4-6-14(20)13-5-2-3-7-17-13/h2-3,5,7,9,14H,4,6,8H2,1H3. The quantitative estimate of drug-likeness (QED) is 0.834. The van der Waals surface area contributed by atoms with Crippen molar-refractivity contribution in [3.05, 3.63) is 47.5 Å². The third-order valence-corrected chi connectivity index (χ3v) is 3.50. The summed E-state index contributed by atoms with van der Waals surface area (Å²) in [6, 6.07) is 9.94. The SMILES string of the molecule is Cc1cc(C#N)nc(N2CCCC2c2ccccn2)n1. The van der Waals surface area contributed by atoms with Crippen LogP contribution in [-0.2, 0) is 0 Å². The second kappa shape index (κ2) is 5.25. The summed E-state index contributed by atoms with van der Waals surface area (Å²) in [5, 5.41) is 9.04. The minimum atomic E-state index is 0.199. The molecule has 0 saturated carbocycles. The first-order valence-corrected chi connectivity index (χ1v) is 6.71. The summed E-state index contributed by atoms with van der Waals surface area (Å²) in [5.74, 6) is 0.634. The summed E-state index contributed by atoms with van der Waals surface area (Å²) in [5.41, 5.74) is 2.27. The summed E-state index contributed by atoms with van der Waals surface area (Å²) < 4.78 is 0. The van der Waals surface area contributed by atoms with Crippen LogP contribution in [0.2, 0.25) is 0 Å². The van der Waals surface area contributed by atoms with Gasteiger partial charge in [0.05, 0.1) is 11.7 Å². The van der Waals surface area contributed by atoms with Crippen molar-refractivity contribution in [1.29, 1.82) is 5.26 Å². The molecule has 0 bridgehead atoms. The van der Waals surface area contributed by atoms with Crippen molar-refractivity contribution in [3.8, 4) is 6.07 Å². The van der Waals surface area contributed by atoms with E-state index < -0.39 is 0 Å². The Morgan fingerprint density at radius 3 is 3.00 bits per heavy atom. The van der Waals surface area contributed by atoms with Gasteiger partial charge in [-0.05, 0) is 38.0 Å². The van der Waals surface area contributed by atoms with Gasteiger partial charge in [-0.1, -0.05) is 6.07 Å². The van der Waals surface area contributed by atoms with Gasteiger partial charge in [-0.25, -0.2) is 9.97 Å². The topological polar surface area (TPSA) is 65.7 Å². The fraction of sp³-hybridized carbons (Fsp3) is 0.333. The predicted octanol–water partition coefficient (Wildman–Crippen LogP) is 2.39. The van der Waals surface area contributed by atoms with Gasteiger partial charge in [0, 0.05) is 18.4 Å². The molecular weight excluding hydrogens is 250 g/mol. The molecular formula is C15H15N5. The van der Waals surface area contributed by atoms with Gasteiger partial charge < -0.3 is 4.90 Å². The zero-order valence-electron chi connectivity index (χ0n) is 11.3. The van der Waals surface area contributed by atoms with Crippen LogP contribution in [-0.4, -0.2) is 21.5 Å². The Bertz CT molecular complexity index is 647. The van der Waals surface area contributed by atoms with Crippen molar-refractivity contribution >= 4 is 5.95 Å². The van der Waals surface area contributed by atoms with Gasteiger partial charge in [0.25, 0.3) is 0 Å². The Labute approximate surface area is 117 Å². The average Bonchev–Trinajstić information content (AvgIpc) is 2.97. The number of nitrogens with zero attached hydrogens (tertiary/aromatic N) is 5. The van der Waals surface area contributed by atoms with Crippen LogP contribution in [0.4, 0.5) is 5.95 Å². The van der Waals surface area contributed by atoms with Crippen molar-refractivity contribution in [1.82, 2.24) is 15.0 Å². The number of hydrogen-bond acceptors (Lipinski definition) is 5. The maximum Gasteiger partial charge on any atom is 0.227 e. The van der Waals surface area contributed by atoms with Crippen LogP contribution < -0.4 is 4.90 Å². The van der Waals surface area contributed by atoms with Crippen LogP contribution in [0.1, 0.15) is 36.0 Å². The second-order valence-electron chi connectivity index (χ2n) is 4.91. The maximum absolute atomic E-state index is 9.04. The van der Waals surface area contributed by atoms with Gasteiger partial charge in [0.15, 0.2) is 0 Å². The second-order valence-corrected chi connectivity index (χ2v) is 4.91. The first-order chi connectivity index (χ1) is 9.78. The maximum atomic E-state index is 9.04. The first kappa shape index (κ1) is 12.5. The van der Waals surface area contributed by atoms with Gasteiger partial charge in [-0.2, -0.15) is 5.26 Å². The Hall–Kier alpha value is -2.48. The number of aromatic nitrogens is 3. The lowest BCUT2D eigenvalue weighted by molar-refractivity contribution is 0.678. The smallest absolute Gasteiger partial charge is 0.227 e. The summed E-state index contributed by atoms with van der Waals surface area (Å²) in [4.78, 5) is 15.4. The van der Waals surface area contributed by atoms with E-state index in [9.17, 15) is 0 Å². The van der Waals surface area contributed by atoms with E-state index in [-0.39, 0.29) is 6.04 Å². The molecule has 0 amide bonds. The Morgan fingerprint density at radius 1 is 1.35 bits per heavy atom. The zero-order valence-corrected chi connectivity index (χ0v) is 11.3. The molecule has 3 rings (SSSR count). The average molecular weight is 265 g/mol. The molecule has 0 aliphatic carbocycles. The lowest BCUT2D eigenvalue weighted by Gasteiger charge is -2.24. The highest BCUT2D eigenvalue weighted by atomic mass is 15.3. The summed E-state index contributed by atoms with van der Waals surface area (Å²) in [6.07, 6.45) is 3.93. The van der Waals surface area contributed by atoms with Crippen molar-refractivity contribution < 1.29 is 0 Å². The molecule has 0 spiro atoms. The van der Waals surface area contributed by atoms with Gasteiger partial charge >= 0.3 is 0 Å². The molecule has 5 heteroatoms. The fourth-order valence-corrected chi connectivity index (χ4v) is 2.63. The third-order valence-electron chi connectivity index (χ3n) is 3.50. The Morgan fingerprint density at radius 2 is 2.25 bits per heavy atom. The monoisotopic (exact) mass is 265 g/mol. The van der Waals surface area contributed by atoms with Crippen LogP contribution in [0.15, 0.2) is 30.5 Å². The lowest BCUT2D eigenvalue weighted by Crippen LogP contribution is -2.25. The molecule has 0 aromatic carbocycles. The highest BCUT2D eigenvalue weighted by molar-refractivity contribution is 5.40. The Balaban J connectivity index is 1.97. The van der Waals surface area contributed by atoms with Gasteiger partial charge in [-0.15, -0.1) is 0 Å². The molecule has 2 aromatic heterocycles. The van der Waals surface area contributed by atoms with E-state index in [0.29, 0.717) is 11.6 Å². The normalized spacial score (nSPS) is 18.0. The zero-order chi connectivity index (χ0) is 13.9. The summed E-state index contributed by atoms with van der Waals surface area (Å²) in [6.45, 7) is 2.79. The predicted molar refractivity (Wildman–Crippen MR) is 75.0 cm³/mol. The molecule has 3 heterocycles. The van der Waals surface area contributed by atoms with E-state index in [1.807, 2.05) is 31.3 Å². The van der Waals surface area contributed by atoms with E-state index in [2.05, 4.69) is 25.9 Å². The van der Waals surface area contributed by atoms with Crippen molar-refractivity contribution in [2.75, 3.05) is 11.4 Å². The molecule has 1 unspecified atom stereocenters. The molecule has 5 nitrogen and oxygen atoms in total. The summed E-state index contributed by atoms with van der Waals surface area (Å²) in [7, 11) is 0. The van der Waals surface area contributed by atoms with Gasteiger partial charge in [-0.3, -0.25) is 4.98 Å². The number of aryl methyl sites for hydroxylation is 1. The molecule has 0 N–H and O–H groups in total. The van der Waals surface area contributed by atoms with Crippen LogP contribution in [0.25, 0.3) is 0 Å². The largest absolute Gasteiger partial charge is 0.332 e. The van der Waals surface area contributed by atoms with Crippen molar-refractivity contribution in [2.45, 2.75) is 25.8 Å². The molecule has 0 radical (unpaired) electrons. The van der Waals surface area contributed by atoms with E-state index in [0.717, 1.165) is 30.8 Å². The minimum Gasteiger partial charge on any atom is -0.332 e. The first-order valence-electron chi connectivity index (χ1n) is 6.71. The molecule has 100 valence electrons. The van der Waals surface area contributed by atoms with Gasteiger partial charge in [0.1, 0.15) is 11.8 Å². The van der Waals surface area contributed by atoms with E-state index in [4.69, 9.17) is 5.26 Å². The highest BCUT2D eigenvalue weighted by Gasteiger charge is 2.29. The number of nitriles is 1. The Kier molecular flexibility index (Phi) is 3.30. The molecule has 1 saturated heterocycles. The van der Waals surface area contributed by atoms with Crippen molar-refractivity contribution in [2.24, 2.45) is 0 Å². The fourth-order valence-electron chi connectivity index (χ4n) is 2.63. The third kappa shape index (κ3) is 2.32. The van der Waals surface area contributed by atoms with Crippen LogP contribution in [0, 0.1) is 18.3 Å². The molecule has 1 aliphatic heterocycles. The van der Waals surface area contributed by atoms with E-state index >= 15 is 0 Å². The molecule has 1 atom stereocenters. The lowest BCUT2D eigenvalue weighted by atomic mass is 10.1.